The van der Waals surface area contributed by atoms with Crippen LogP contribution in [0.15, 0.2) is 27.4 Å². The van der Waals surface area contributed by atoms with Gasteiger partial charge in [-0.25, -0.2) is 4.79 Å². The van der Waals surface area contributed by atoms with E-state index in [4.69, 9.17) is 10.2 Å². The van der Waals surface area contributed by atoms with Gasteiger partial charge in [0.15, 0.2) is 5.58 Å². The lowest BCUT2D eigenvalue weighted by Crippen LogP contribution is -2.14. The molecule has 2 rings (SSSR count). The number of rotatable bonds is 8. The smallest absolute Gasteiger partial charge is 0.408 e. The number of benzene rings is 1. The maximum atomic E-state index is 11.8. The van der Waals surface area contributed by atoms with Gasteiger partial charge in [-0.1, -0.05) is 45.4 Å². The topological polar surface area (TPSA) is 61.2 Å². The largest absolute Gasteiger partial charge is 0.419 e. The van der Waals surface area contributed by atoms with E-state index in [9.17, 15) is 4.79 Å². The van der Waals surface area contributed by atoms with Crippen molar-refractivity contribution in [3.05, 3.63) is 28.7 Å². The summed E-state index contributed by atoms with van der Waals surface area (Å²) in [5.41, 5.74) is 7.74. The number of unbranched alkanes of at least 4 members (excludes halogenated alkanes) is 6. The molecule has 0 spiro atoms. The molecule has 0 atom stereocenters. The Morgan fingerprint density at radius 1 is 1.10 bits per heavy atom. The molecule has 2 aromatic rings. The fourth-order valence-corrected chi connectivity index (χ4v) is 2.52. The third-order valence-corrected chi connectivity index (χ3v) is 3.68. The van der Waals surface area contributed by atoms with Crippen molar-refractivity contribution in [2.45, 2.75) is 58.4 Å². The van der Waals surface area contributed by atoms with Crippen LogP contribution in [0.3, 0.4) is 0 Å². The lowest BCUT2D eigenvalue weighted by atomic mass is 10.1. The highest BCUT2D eigenvalue weighted by Gasteiger charge is 2.08. The first-order chi connectivity index (χ1) is 9.72. The van der Waals surface area contributed by atoms with Gasteiger partial charge >= 0.3 is 5.76 Å². The number of nitrogens with two attached hydrogens (primary N) is 1. The Balaban J connectivity index is 1.87. The van der Waals surface area contributed by atoms with Gasteiger partial charge in [-0.3, -0.25) is 4.57 Å². The molecule has 4 nitrogen and oxygen atoms in total. The monoisotopic (exact) mass is 276 g/mol. The molecule has 2 N–H and O–H groups in total. The van der Waals surface area contributed by atoms with E-state index < -0.39 is 0 Å². The predicted octanol–water partition coefficient (Wildman–Crippen LogP) is 3.93. The molecule has 20 heavy (non-hydrogen) atoms. The van der Waals surface area contributed by atoms with Crippen molar-refractivity contribution in [1.82, 2.24) is 4.57 Å². The first-order valence-corrected chi connectivity index (χ1v) is 7.61. The van der Waals surface area contributed by atoms with E-state index in [1.807, 2.05) is 6.07 Å². The van der Waals surface area contributed by atoms with Crippen LogP contribution < -0.4 is 11.5 Å². The third-order valence-electron chi connectivity index (χ3n) is 3.68. The van der Waals surface area contributed by atoms with Crippen molar-refractivity contribution < 1.29 is 4.42 Å². The highest BCUT2D eigenvalue weighted by molar-refractivity contribution is 5.76. The molecule has 0 radical (unpaired) electrons. The van der Waals surface area contributed by atoms with Gasteiger partial charge in [0.05, 0.1) is 5.52 Å². The minimum Gasteiger partial charge on any atom is -0.408 e. The molecule has 0 saturated heterocycles. The van der Waals surface area contributed by atoms with Gasteiger partial charge in [0.1, 0.15) is 0 Å². The zero-order valence-electron chi connectivity index (χ0n) is 12.2. The predicted molar refractivity (Wildman–Crippen MR) is 82.9 cm³/mol. The van der Waals surface area contributed by atoms with Gasteiger partial charge < -0.3 is 10.2 Å². The van der Waals surface area contributed by atoms with Crippen molar-refractivity contribution in [3.8, 4) is 0 Å². The first kappa shape index (κ1) is 14.7. The normalized spacial score (nSPS) is 11.2. The van der Waals surface area contributed by atoms with Crippen molar-refractivity contribution in [3.63, 3.8) is 0 Å². The second kappa shape index (κ2) is 7.17. The van der Waals surface area contributed by atoms with Gasteiger partial charge in [0.25, 0.3) is 0 Å². The summed E-state index contributed by atoms with van der Waals surface area (Å²) in [6.45, 7) is 2.95. The summed E-state index contributed by atoms with van der Waals surface area (Å²) < 4.78 is 6.93. The van der Waals surface area contributed by atoms with Crippen molar-refractivity contribution in [1.29, 1.82) is 0 Å². The summed E-state index contributed by atoms with van der Waals surface area (Å²) in [5, 5.41) is 0. The quantitative estimate of drug-likeness (QED) is 0.587. The van der Waals surface area contributed by atoms with Crippen LogP contribution in [-0.2, 0) is 6.54 Å². The minimum absolute atomic E-state index is 0.281. The Kier molecular flexibility index (Phi) is 5.27. The number of anilines is 1. The molecule has 1 aromatic carbocycles. The summed E-state index contributed by atoms with van der Waals surface area (Å²) in [7, 11) is 0. The Morgan fingerprint density at radius 2 is 1.80 bits per heavy atom. The van der Waals surface area contributed by atoms with Crippen LogP contribution in [0, 0.1) is 0 Å². The van der Waals surface area contributed by atoms with Crippen molar-refractivity contribution >= 4 is 16.8 Å². The van der Waals surface area contributed by atoms with E-state index in [1.165, 1.54) is 32.1 Å². The van der Waals surface area contributed by atoms with Gasteiger partial charge in [-0.05, 0) is 18.6 Å². The number of aromatic nitrogens is 1. The van der Waals surface area contributed by atoms with Gasteiger partial charge in [-0.15, -0.1) is 0 Å². The average molecular weight is 276 g/mol. The number of oxazole rings is 1. The first-order valence-electron chi connectivity index (χ1n) is 7.61. The summed E-state index contributed by atoms with van der Waals surface area (Å²) in [4.78, 5) is 11.8. The van der Waals surface area contributed by atoms with E-state index in [0.717, 1.165) is 24.9 Å². The molecule has 1 aromatic heterocycles. The summed E-state index contributed by atoms with van der Waals surface area (Å²) >= 11 is 0. The van der Waals surface area contributed by atoms with Crippen molar-refractivity contribution in [2.75, 3.05) is 5.73 Å². The Labute approximate surface area is 119 Å². The second-order valence-electron chi connectivity index (χ2n) is 5.37. The molecule has 0 aliphatic rings. The number of hydrogen-bond acceptors (Lipinski definition) is 3. The molecule has 4 heteroatoms. The van der Waals surface area contributed by atoms with Crippen LogP contribution in [0.25, 0.3) is 11.1 Å². The van der Waals surface area contributed by atoms with E-state index in [-0.39, 0.29) is 5.76 Å². The number of nitrogen functional groups attached to an aromatic ring is 1. The number of aryl methyl sites for hydroxylation is 1. The zero-order chi connectivity index (χ0) is 14.4. The van der Waals surface area contributed by atoms with Gasteiger partial charge in [-0.2, -0.15) is 0 Å². The molecule has 0 bridgehead atoms. The van der Waals surface area contributed by atoms with E-state index in [0.29, 0.717) is 11.3 Å². The average Bonchev–Trinajstić information content (AvgIpc) is 2.73. The van der Waals surface area contributed by atoms with Crippen LogP contribution in [0.4, 0.5) is 5.69 Å². The molecular formula is C16H24N2O2. The second-order valence-corrected chi connectivity index (χ2v) is 5.37. The van der Waals surface area contributed by atoms with Crippen LogP contribution in [0.5, 0.6) is 0 Å². The van der Waals surface area contributed by atoms with Crippen LogP contribution in [-0.4, -0.2) is 4.57 Å². The van der Waals surface area contributed by atoms with Gasteiger partial charge in [0, 0.05) is 18.3 Å². The van der Waals surface area contributed by atoms with Crippen LogP contribution in [0.2, 0.25) is 0 Å². The maximum Gasteiger partial charge on any atom is 0.419 e. The Bertz CT molecular complexity index is 598. The van der Waals surface area contributed by atoms with E-state index in [2.05, 4.69) is 6.92 Å². The lowest BCUT2D eigenvalue weighted by Gasteiger charge is -2.03. The molecule has 0 unspecified atom stereocenters. The lowest BCUT2D eigenvalue weighted by molar-refractivity contribution is 0.484. The molecule has 0 aliphatic carbocycles. The summed E-state index contributed by atoms with van der Waals surface area (Å²) in [6, 6.07) is 5.37. The minimum atomic E-state index is -0.281. The summed E-state index contributed by atoms with van der Waals surface area (Å²) in [5.74, 6) is -0.281. The highest BCUT2D eigenvalue weighted by Crippen LogP contribution is 2.17. The molecule has 110 valence electrons. The zero-order valence-corrected chi connectivity index (χ0v) is 12.2. The van der Waals surface area contributed by atoms with Crippen LogP contribution >= 0.6 is 0 Å². The molecule has 0 saturated carbocycles. The maximum absolute atomic E-state index is 11.8. The number of fused-ring (bicyclic) bond motifs is 1. The number of hydrogen-bond donors (Lipinski definition) is 1. The third kappa shape index (κ3) is 3.65. The molecule has 0 amide bonds. The Hall–Kier alpha value is -1.71. The molecule has 0 fully saturated rings. The number of nitrogens with zero attached hydrogens (tertiary/aromatic N) is 1. The van der Waals surface area contributed by atoms with Crippen LogP contribution in [0.1, 0.15) is 51.9 Å². The fourth-order valence-electron chi connectivity index (χ4n) is 2.52. The molecular weight excluding hydrogens is 252 g/mol. The van der Waals surface area contributed by atoms with E-state index >= 15 is 0 Å². The standard InChI is InChI=1S/C16H24N2O2/c1-2-3-4-5-6-7-8-11-18-14-10-9-13(17)12-15(14)20-16(18)19/h9-10,12H,2-8,11,17H2,1H3. The van der Waals surface area contributed by atoms with Gasteiger partial charge in [0.2, 0.25) is 0 Å². The fraction of sp³-hybridized carbons (Fsp3) is 0.562. The highest BCUT2D eigenvalue weighted by atomic mass is 16.4. The van der Waals surface area contributed by atoms with E-state index in [1.54, 1.807) is 16.7 Å². The Morgan fingerprint density at radius 3 is 2.55 bits per heavy atom. The molecule has 0 aliphatic heterocycles. The van der Waals surface area contributed by atoms with Crippen molar-refractivity contribution in [2.24, 2.45) is 0 Å². The summed E-state index contributed by atoms with van der Waals surface area (Å²) in [6.07, 6.45) is 8.66. The SMILES string of the molecule is CCCCCCCCCn1c(=O)oc2cc(N)ccc21. The molecule has 1 heterocycles.